The van der Waals surface area contributed by atoms with E-state index in [-0.39, 0.29) is 0 Å². The first-order chi connectivity index (χ1) is 21.3. The Balaban J connectivity index is 1.35. The minimum absolute atomic E-state index is 1.16. The molecule has 0 bridgehead atoms. The van der Waals surface area contributed by atoms with Gasteiger partial charge in [0.05, 0.1) is 11.4 Å². The van der Waals surface area contributed by atoms with Crippen LogP contribution in [0.5, 0.6) is 0 Å². The highest BCUT2D eigenvalue weighted by Crippen LogP contribution is 2.48. The van der Waals surface area contributed by atoms with Crippen LogP contribution in [0.3, 0.4) is 0 Å². The van der Waals surface area contributed by atoms with Crippen LogP contribution in [0.1, 0.15) is 0 Å². The predicted octanol–water partition coefficient (Wildman–Crippen LogP) is 12.7. The molecule has 3 heteroatoms. The zero-order chi connectivity index (χ0) is 28.3. The van der Waals surface area contributed by atoms with Crippen molar-refractivity contribution in [1.82, 2.24) is 0 Å². The monoisotopic (exact) mass is 583 g/mol. The number of nitrogens with zero attached hydrogens (tertiary/aromatic N) is 1. The van der Waals surface area contributed by atoms with E-state index in [1.54, 1.807) is 0 Å². The van der Waals surface area contributed by atoms with Crippen LogP contribution in [0.2, 0.25) is 0 Å². The molecule has 0 amide bonds. The fourth-order valence-corrected chi connectivity index (χ4v) is 8.84. The molecule has 7 aromatic carbocycles. The van der Waals surface area contributed by atoms with E-state index in [1.165, 1.54) is 73.6 Å². The molecule has 0 spiro atoms. The average molecular weight is 584 g/mol. The van der Waals surface area contributed by atoms with E-state index < -0.39 is 0 Å². The second kappa shape index (κ2) is 9.81. The minimum atomic E-state index is 1.16. The van der Waals surface area contributed by atoms with Crippen LogP contribution >= 0.6 is 22.7 Å². The number of thiophene rings is 2. The van der Waals surface area contributed by atoms with Gasteiger partial charge in [0.2, 0.25) is 0 Å². The summed E-state index contributed by atoms with van der Waals surface area (Å²) in [5.74, 6) is 0. The lowest BCUT2D eigenvalue weighted by Crippen LogP contribution is -2.11. The molecule has 0 fully saturated rings. The molecule has 43 heavy (non-hydrogen) atoms. The Hall–Kier alpha value is -4.96. The maximum atomic E-state index is 2.47. The molecule has 0 aliphatic heterocycles. The summed E-state index contributed by atoms with van der Waals surface area (Å²) in [6.07, 6.45) is 0. The van der Waals surface area contributed by atoms with Crippen molar-refractivity contribution < 1.29 is 0 Å². The molecule has 2 heterocycles. The number of rotatable bonds is 4. The highest BCUT2D eigenvalue weighted by Gasteiger charge is 2.21. The molecule has 0 aliphatic rings. The molecule has 0 radical (unpaired) electrons. The van der Waals surface area contributed by atoms with E-state index in [4.69, 9.17) is 0 Å². The Kier molecular flexibility index (Phi) is 5.62. The zero-order valence-corrected chi connectivity index (χ0v) is 24.8. The van der Waals surface area contributed by atoms with E-state index in [1.807, 2.05) is 22.7 Å². The van der Waals surface area contributed by atoms with E-state index in [0.717, 1.165) is 5.69 Å². The lowest BCUT2D eigenvalue weighted by atomic mass is 9.98. The molecule has 9 aromatic rings. The molecule has 0 N–H and O–H groups in total. The average Bonchev–Trinajstić information content (AvgIpc) is 3.64. The summed E-state index contributed by atoms with van der Waals surface area (Å²) in [5.41, 5.74) is 5.99. The maximum absolute atomic E-state index is 2.47. The first-order valence-electron chi connectivity index (χ1n) is 14.5. The van der Waals surface area contributed by atoms with Crippen LogP contribution in [-0.4, -0.2) is 0 Å². The largest absolute Gasteiger partial charge is 0.309 e. The van der Waals surface area contributed by atoms with Crippen molar-refractivity contribution in [3.05, 3.63) is 152 Å². The Morgan fingerprint density at radius 1 is 0.372 bits per heavy atom. The van der Waals surface area contributed by atoms with Crippen LogP contribution in [0.25, 0.3) is 62.2 Å². The normalized spacial score (nSPS) is 11.7. The fourth-order valence-electron chi connectivity index (χ4n) is 6.52. The molecule has 0 atom stereocenters. The van der Waals surface area contributed by atoms with Gasteiger partial charge in [0.1, 0.15) is 0 Å². The molecule has 2 aromatic heterocycles. The van der Waals surface area contributed by atoms with Gasteiger partial charge in [-0.15, -0.1) is 22.7 Å². The smallest absolute Gasteiger partial charge is 0.0540 e. The number of para-hydroxylation sites is 1. The van der Waals surface area contributed by atoms with Gasteiger partial charge in [-0.05, 0) is 47.9 Å². The standard InChI is InChI=1S/C40H25NS2/c1-2-13-28-26(11-1)12-9-20-35(28)41(27-23-24-39-34(25-27)31-16-5-7-21-37(31)42-39)36-19-6-3-14-29(36)32-17-10-18-33-30-15-4-8-22-38(30)43-40(32)33/h1-25H. The van der Waals surface area contributed by atoms with Crippen molar-refractivity contribution >= 4 is 90.9 Å². The van der Waals surface area contributed by atoms with Gasteiger partial charge in [0.25, 0.3) is 0 Å². The van der Waals surface area contributed by atoms with Gasteiger partial charge in [-0.2, -0.15) is 0 Å². The summed E-state index contributed by atoms with van der Waals surface area (Å²) in [7, 11) is 0. The minimum Gasteiger partial charge on any atom is -0.309 e. The summed E-state index contributed by atoms with van der Waals surface area (Å²) >= 11 is 3.75. The molecule has 0 unspecified atom stereocenters. The van der Waals surface area contributed by atoms with Crippen LogP contribution in [0, 0.1) is 0 Å². The van der Waals surface area contributed by atoms with Gasteiger partial charge >= 0.3 is 0 Å². The Morgan fingerprint density at radius 2 is 0.953 bits per heavy atom. The Morgan fingerprint density at radius 3 is 1.84 bits per heavy atom. The van der Waals surface area contributed by atoms with Gasteiger partial charge in [-0.1, -0.05) is 109 Å². The summed E-state index contributed by atoms with van der Waals surface area (Å²) in [4.78, 5) is 2.47. The lowest BCUT2D eigenvalue weighted by molar-refractivity contribution is 1.31. The SMILES string of the molecule is c1ccc(N(c2ccc3sc4ccccc4c3c2)c2cccc3ccccc23)c(-c2cccc3c2sc2ccccc23)c1. The second-order valence-corrected chi connectivity index (χ2v) is 13.0. The third-order valence-electron chi connectivity index (χ3n) is 8.47. The first-order valence-corrected chi connectivity index (χ1v) is 16.2. The van der Waals surface area contributed by atoms with Crippen LogP contribution in [0.4, 0.5) is 17.1 Å². The summed E-state index contributed by atoms with van der Waals surface area (Å²) in [6.45, 7) is 0. The molecule has 9 rings (SSSR count). The van der Waals surface area contributed by atoms with Gasteiger partial charge in [0.15, 0.2) is 0 Å². The van der Waals surface area contributed by atoms with Gasteiger partial charge in [-0.25, -0.2) is 0 Å². The maximum Gasteiger partial charge on any atom is 0.0540 e. The van der Waals surface area contributed by atoms with E-state index in [2.05, 4.69) is 157 Å². The topological polar surface area (TPSA) is 3.24 Å². The van der Waals surface area contributed by atoms with Crippen LogP contribution < -0.4 is 4.90 Å². The fraction of sp³-hybridized carbons (Fsp3) is 0. The van der Waals surface area contributed by atoms with Gasteiger partial charge in [0, 0.05) is 62.5 Å². The van der Waals surface area contributed by atoms with Crippen molar-refractivity contribution in [2.75, 3.05) is 4.90 Å². The van der Waals surface area contributed by atoms with E-state index in [0.29, 0.717) is 0 Å². The summed E-state index contributed by atoms with van der Waals surface area (Å²) < 4.78 is 5.28. The van der Waals surface area contributed by atoms with E-state index >= 15 is 0 Å². The van der Waals surface area contributed by atoms with Crippen molar-refractivity contribution in [3.8, 4) is 11.1 Å². The number of anilines is 3. The zero-order valence-electron chi connectivity index (χ0n) is 23.2. The summed E-state index contributed by atoms with van der Waals surface area (Å²) in [6, 6.07) is 55.5. The quantitative estimate of drug-likeness (QED) is 0.199. The molecule has 0 aliphatic carbocycles. The molecular formula is C40H25NS2. The third kappa shape index (κ3) is 3.90. The molecular weight excluding hydrogens is 559 g/mol. The highest BCUT2D eigenvalue weighted by atomic mass is 32.1. The van der Waals surface area contributed by atoms with Gasteiger partial charge < -0.3 is 4.90 Å². The molecule has 202 valence electrons. The summed E-state index contributed by atoms with van der Waals surface area (Å²) in [5, 5.41) is 7.71. The number of hydrogen-bond acceptors (Lipinski definition) is 3. The number of fused-ring (bicyclic) bond motifs is 7. The Labute approximate surface area is 257 Å². The van der Waals surface area contributed by atoms with Crippen molar-refractivity contribution in [3.63, 3.8) is 0 Å². The third-order valence-corrected chi connectivity index (χ3v) is 10.8. The van der Waals surface area contributed by atoms with Crippen molar-refractivity contribution in [2.45, 2.75) is 0 Å². The van der Waals surface area contributed by atoms with Crippen LogP contribution in [0.15, 0.2) is 152 Å². The lowest BCUT2D eigenvalue weighted by Gasteiger charge is -2.29. The van der Waals surface area contributed by atoms with Crippen molar-refractivity contribution in [1.29, 1.82) is 0 Å². The molecule has 0 saturated heterocycles. The highest BCUT2D eigenvalue weighted by molar-refractivity contribution is 7.26. The van der Waals surface area contributed by atoms with Crippen LogP contribution in [-0.2, 0) is 0 Å². The van der Waals surface area contributed by atoms with Gasteiger partial charge in [-0.3, -0.25) is 0 Å². The van der Waals surface area contributed by atoms with E-state index in [9.17, 15) is 0 Å². The molecule has 1 nitrogen and oxygen atoms in total. The first kappa shape index (κ1) is 24.6. The number of benzene rings is 7. The molecule has 0 saturated carbocycles. The Bertz CT molecular complexity index is 2480. The van der Waals surface area contributed by atoms with Crippen molar-refractivity contribution in [2.24, 2.45) is 0 Å². The number of hydrogen-bond donors (Lipinski definition) is 0. The predicted molar refractivity (Wildman–Crippen MR) is 190 cm³/mol. The second-order valence-electron chi connectivity index (χ2n) is 10.9.